The lowest BCUT2D eigenvalue weighted by atomic mass is 9.78. The number of hydrogen-bond donors (Lipinski definition) is 0. The van der Waals surface area contributed by atoms with Crippen LogP contribution in [-0.2, 0) is 4.74 Å². The molecule has 1 fully saturated rings. The van der Waals surface area contributed by atoms with Crippen LogP contribution in [0, 0.1) is 11.3 Å². The third-order valence-electron chi connectivity index (χ3n) is 2.61. The molecule has 1 saturated heterocycles. The molecule has 1 aliphatic rings. The summed E-state index contributed by atoms with van der Waals surface area (Å²) in [6.45, 7) is 6.54. The van der Waals surface area contributed by atoms with Gasteiger partial charge in [0.25, 0.3) is 0 Å². The Labute approximate surface area is 77.6 Å². The molecule has 2 heteroatoms. The van der Waals surface area contributed by atoms with Crippen molar-refractivity contribution in [3.63, 3.8) is 0 Å². The summed E-state index contributed by atoms with van der Waals surface area (Å²) in [5.41, 5.74) is 0.403. The quantitative estimate of drug-likeness (QED) is 0.651. The zero-order valence-electron chi connectivity index (χ0n) is 7.40. The fourth-order valence-corrected chi connectivity index (χ4v) is 1.92. The second kappa shape index (κ2) is 3.90. The Morgan fingerprint density at radius 1 is 1.55 bits per heavy atom. The van der Waals surface area contributed by atoms with Gasteiger partial charge in [0.2, 0.25) is 0 Å². The predicted octanol–water partition coefficient (Wildman–Crippen LogP) is 2.83. The van der Waals surface area contributed by atoms with Crippen LogP contribution in [0.15, 0.2) is 0 Å². The minimum absolute atomic E-state index is 0.403. The van der Waals surface area contributed by atoms with Gasteiger partial charge in [0.1, 0.15) is 0 Å². The summed E-state index contributed by atoms with van der Waals surface area (Å²) in [6.07, 6.45) is 2.57. The maximum Gasteiger partial charge on any atom is 0.0499 e. The molecule has 66 valence electrons. The summed E-state index contributed by atoms with van der Waals surface area (Å²) >= 11 is 3.55. The first-order valence-electron chi connectivity index (χ1n) is 4.30. The van der Waals surface area contributed by atoms with Crippen molar-refractivity contribution < 1.29 is 4.74 Å². The first-order chi connectivity index (χ1) is 5.17. The largest absolute Gasteiger partial charge is 0.381 e. The van der Waals surface area contributed by atoms with Gasteiger partial charge >= 0.3 is 0 Å². The highest BCUT2D eigenvalue weighted by atomic mass is 79.9. The highest BCUT2D eigenvalue weighted by molar-refractivity contribution is 9.09. The van der Waals surface area contributed by atoms with E-state index < -0.39 is 0 Å². The van der Waals surface area contributed by atoms with E-state index in [1.54, 1.807) is 0 Å². The molecule has 1 heterocycles. The number of ether oxygens (including phenoxy) is 1. The van der Waals surface area contributed by atoms with Gasteiger partial charge in [-0.3, -0.25) is 0 Å². The summed E-state index contributed by atoms with van der Waals surface area (Å²) < 4.78 is 5.45. The molecular weight excluding hydrogens is 204 g/mol. The molecule has 0 saturated carbocycles. The molecule has 0 amide bonds. The lowest BCUT2D eigenvalue weighted by Gasteiger charge is -2.35. The average Bonchev–Trinajstić information content (AvgIpc) is 2.06. The van der Waals surface area contributed by atoms with Gasteiger partial charge in [0.05, 0.1) is 0 Å². The first kappa shape index (κ1) is 9.53. The third kappa shape index (κ3) is 2.45. The van der Waals surface area contributed by atoms with E-state index in [0.29, 0.717) is 5.41 Å². The molecule has 1 rings (SSSR count). The topological polar surface area (TPSA) is 9.23 Å². The van der Waals surface area contributed by atoms with E-state index in [4.69, 9.17) is 4.74 Å². The average molecular weight is 221 g/mol. The van der Waals surface area contributed by atoms with Crippen molar-refractivity contribution >= 4 is 15.9 Å². The summed E-state index contributed by atoms with van der Waals surface area (Å²) in [5.74, 6) is 0.746. The highest BCUT2D eigenvalue weighted by Gasteiger charge is 2.29. The van der Waals surface area contributed by atoms with Gasteiger partial charge in [-0.1, -0.05) is 29.8 Å². The van der Waals surface area contributed by atoms with Crippen molar-refractivity contribution in [2.75, 3.05) is 18.5 Å². The van der Waals surface area contributed by atoms with Crippen LogP contribution < -0.4 is 0 Å². The second-order valence-corrected chi connectivity index (χ2v) is 4.60. The van der Waals surface area contributed by atoms with Crippen molar-refractivity contribution in [2.45, 2.75) is 26.7 Å². The van der Waals surface area contributed by atoms with Gasteiger partial charge in [0, 0.05) is 18.5 Å². The Balaban J connectivity index is 2.43. The Morgan fingerprint density at radius 3 is 2.73 bits per heavy atom. The van der Waals surface area contributed by atoms with Crippen molar-refractivity contribution in [3.05, 3.63) is 0 Å². The highest BCUT2D eigenvalue weighted by Crippen LogP contribution is 2.34. The van der Waals surface area contributed by atoms with Crippen LogP contribution in [0.3, 0.4) is 0 Å². The fraction of sp³-hybridized carbons (Fsp3) is 1.00. The first-order valence-corrected chi connectivity index (χ1v) is 5.42. The molecule has 11 heavy (non-hydrogen) atoms. The number of halogens is 1. The molecule has 1 aliphatic heterocycles. The van der Waals surface area contributed by atoms with Gasteiger partial charge in [-0.05, 0) is 24.2 Å². The van der Waals surface area contributed by atoms with Crippen LogP contribution in [0.25, 0.3) is 0 Å². The minimum Gasteiger partial charge on any atom is -0.381 e. The van der Waals surface area contributed by atoms with E-state index in [1.165, 1.54) is 12.8 Å². The lowest BCUT2D eigenvalue weighted by Crippen LogP contribution is -2.32. The molecule has 0 aromatic heterocycles. The van der Waals surface area contributed by atoms with E-state index in [1.807, 2.05) is 0 Å². The van der Waals surface area contributed by atoms with Crippen molar-refractivity contribution in [2.24, 2.45) is 11.3 Å². The molecule has 1 unspecified atom stereocenters. The van der Waals surface area contributed by atoms with Crippen LogP contribution in [0.4, 0.5) is 0 Å². The maximum absolute atomic E-state index is 5.45. The number of alkyl halides is 1. The minimum atomic E-state index is 0.403. The summed E-state index contributed by atoms with van der Waals surface area (Å²) in [5, 5.41) is 1.08. The Hall–Kier alpha value is 0.440. The summed E-state index contributed by atoms with van der Waals surface area (Å²) in [6, 6.07) is 0. The molecule has 0 spiro atoms. The van der Waals surface area contributed by atoms with E-state index >= 15 is 0 Å². The molecular formula is C9H17BrO. The maximum atomic E-state index is 5.45. The van der Waals surface area contributed by atoms with Gasteiger partial charge in [-0.25, -0.2) is 0 Å². The van der Waals surface area contributed by atoms with E-state index in [-0.39, 0.29) is 0 Å². The number of rotatable bonds is 2. The normalized spacial score (nSPS) is 27.0. The zero-order valence-corrected chi connectivity index (χ0v) is 8.99. The van der Waals surface area contributed by atoms with E-state index in [9.17, 15) is 0 Å². The third-order valence-corrected chi connectivity index (χ3v) is 4.06. The standard InChI is InChI=1S/C9H17BrO/c1-9(2,7-10)8-4-3-5-11-6-8/h8H,3-7H2,1-2H3. The van der Waals surface area contributed by atoms with Gasteiger partial charge in [-0.15, -0.1) is 0 Å². The van der Waals surface area contributed by atoms with Crippen LogP contribution in [0.5, 0.6) is 0 Å². The fourth-order valence-electron chi connectivity index (χ4n) is 1.47. The Morgan fingerprint density at radius 2 is 2.27 bits per heavy atom. The molecule has 1 atom stereocenters. The summed E-state index contributed by atoms with van der Waals surface area (Å²) in [4.78, 5) is 0. The molecule has 0 bridgehead atoms. The van der Waals surface area contributed by atoms with Gasteiger partial charge < -0.3 is 4.74 Å². The Bertz CT molecular complexity index is 117. The molecule has 0 aromatic rings. The van der Waals surface area contributed by atoms with Crippen molar-refractivity contribution in [3.8, 4) is 0 Å². The van der Waals surface area contributed by atoms with Crippen LogP contribution in [0.1, 0.15) is 26.7 Å². The monoisotopic (exact) mass is 220 g/mol. The molecule has 0 aromatic carbocycles. The van der Waals surface area contributed by atoms with E-state index in [0.717, 1.165) is 24.5 Å². The van der Waals surface area contributed by atoms with Crippen molar-refractivity contribution in [1.82, 2.24) is 0 Å². The van der Waals surface area contributed by atoms with Crippen LogP contribution in [-0.4, -0.2) is 18.5 Å². The van der Waals surface area contributed by atoms with Gasteiger partial charge in [-0.2, -0.15) is 0 Å². The lowest BCUT2D eigenvalue weighted by molar-refractivity contribution is 0.0122. The second-order valence-electron chi connectivity index (χ2n) is 4.04. The smallest absolute Gasteiger partial charge is 0.0499 e. The SMILES string of the molecule is CC(C)(CBr)C1CCCOC1. The Kier molecular flexibility index (Phi) is 3.38. The predicted molar refractivity (Wildman–Crippen MR) is 51.1 cm³/mol. The van der Waals surface area contributed by atoms with Crippen LogP contribution in [0.2, 0.25) is 0 Å². The number of hydrogen-bond acceptors (Lipinski definition) is 1. The molecule has 0 radical (unpaired) electrons. The van der Waals surface area contributed by atoms with E-state index in [2.05, 4.69) is 29.8 Å². The zero-order chi connectivity index (χ0) is 8.32. The summed E-state index contributed by atoms with van der Waals surface area (Å²) in [7, 11) is 0. The van der Waals surface area contributed by atoms with Gasteiger partial charge in [0.15, 0.2) is 0 Å². The van der Waals surface area contributed by atoms with Crippen molar-refractivity contribution in [1.29, 1.82) is 0 Å². The molecule has 0 N–H and O–H groups in total. The molecule has 1 nitrogen and oxygen atoms in total. The molecule has 0 aliphatic carbocycles. The van der Waals surface area contributed by atoms with Crippen LogP contribution >= 0.6 is 15.9 Å².